The third-order valence-electron chi connectivity index (χ3n) is 3.75. The molecule has 104 valence electrons. The third-order valence-corrected chi connectivity index (χ3v) is 3.75. The van der Waals surface area contributed by atoms with E-state index in [1.54, 1.807) is 24.3 Å². The van der Waals surface area contributed by atoms with Crippen molar-refractivity contribution in [3.63, 3.8) is 0 Å². The van der Waals surface area contributed by atoms with Gasteiger partial charge in [0.05, 0.1) is 6.04 Å². The number of nitrogens with one attached hydrogen (secondary N) is 1. The highest BCUT2D eigenvalue weighted by Crippen LogP contribution is 2.36. The first-order valence-electron chi connectivity index (χ1n) is 6.87. The van der Waals surface area contributed by atoms with Crippen LogP contribution in [0, 0.1) is 11.8 Å². The smallest absolute Gasteiger partial charge is 0.237 e. The lowest BCUT2D eigenvalue weighted by atomic mass is 10.0. The van der Waals surface area contributed by atoms with Crippen molar-refractivity contribution in [3.05, 3.63) is 29.8 Å². The van der Waals surface area contributed by atoms with E-state index in [4.69, 9.17) is 5.73 Å². The summed E-state index contributed by atoms with van der Waals surface area (Å²) in [5, 5.41) is 12.1. The second-order valence-corrected chi connectivity index (χ2v) is 5.54. The number of carbonyl (C=O) groups excluding carboxylic acids is 1. The van der Waals surface area contributed by atoms with Gasteiger partial charge < -0.3 is 16.2 Å². The van der Waals surface area contributed by atoms with E-state index in [0.29, 0.717) is 18.9 Å². The van der Waals surface area contributed by atoms with E-state index in [0.717, 1.165) is 11.5 Å². The number of aromatic hydroxyl groups is 1. The van der Waals surface area contributed by atoms with Gasteiger partial charge in [0.25, 0.3) is 0 Å². The van der Waals surface area contributed by atoms with Crippen LogP contribution in [0.15, 0.2) is 24.3 Å². The van der Waals surface area contributed by atoms with Crippen molar-refractivity contribution in [2.45, 2.75) is 32.2 Å². The number of nitrogens with two attached hydrogens (primary N) is 1. The molecule has 1 saturated carbocycles. The lowest BCUT2D eigenvalue weighted by molar-refractivity contribution is -0.122. The monoisotopic (exact) mass is 262 g/mol. The molecule has 1 aromatic rings. The fourth-order valence-corrected chi connectivity index (χ4v) is 2.20. The Balaban J connectivity index is 1.76. The van der Waals surface area contributed by atoms with E-state index in [-0.39, 0.29) is 11.7 Å². The topological polar surface area (TPSA) is 75.4 Å². The van der Waals surface area contributed by atoms with Gasteiger partial charge in [0.2, 0.25) is 5.91 Å². The maximum absolute atomic E-state index is 11.9. The number of hydrogen-bond acceptors (Lipinski definition) is 3. The molecule has 4 nitrogen and oxygen atoms in total. The Kier molecular flexibility index (Phi) is 4.43. The zero-order valence-corrected chi connectivity index (χ0v) is 11.3. The average molecular weight is 262 g/mol. The highest BCUT2D eigenvalue weighted by Gasteiger charge is 2.28. The molecule has 1 fully saturated rings. The molecule has 0 radical (unpaired) electrons. The molecule has 0 aromatic heterocycles. The molecular weight excluding hydrogens is 240 g/mol. The summed E-state index contributed by atoms with van der Waals surface area (Å²) in [6.07, 6.45) is 3.07. The van der Waals surface area contributed by atoms with Crippen LogP contribution in [0.4, 0.5) is 0 Å². The second-order valence-electron chi connectivity index (χ2n) is 5.54. The maximum atomic E-state index is 11.9. The van der Waals surface area contributed by atoms with Crippen molar-refractivity contribution in [2.75, 3.05) is 6.54 Å². The molecule has 19 heavy (non-hydrogen) atoms. The summed E-state index contributed by atoms with van der Waals surface area (Å²) in [7, 11) is 0. The molecule has 2 rings (SSSR count). The third kappa shape index (κ3) is 4.24. The molecule has 0 heterocycles. The molecule has 0 spiro atoms. The van der Waals surface area contributed by atoms with Gasteiger partial charge >= 0.3 is 0 Å². The average Bonchev–Trinajstić information content (AvgIpc) is 3.22. The second kappa shape index (κ2) is 6.06. The summed E-state index contributed by atoms with van der Waals surface area (Å²) < 4.78 is 0. The molecule has 1 amide bonds. The molecule has 0 saturated heterocycles. The van der Waals surface area contributed by atoms with Gasteiger partial charge in [0.15, 0.2) is 0 Å². The van der Waals surface area contributed by atoms with Crippen molar-refractivity contribution < 1.29 is 9.90 Å². The molecule has 0 aliphatic heterocycles. The standard InChI is InChI=1S/C15H22N2O2/c1-10(12-4-5-12)9-17-15(19)14(16)8-11-2-6-13(18)7-3-11/h2-3,6-7,10,12,14,18H,4-5,8-9,16H2,1H3,(H,17,19)/t10?,14-/m0/s1. The highest BCUT2D eigenvalue weighted by atomic mass is 16.3. The highest BCUT2D eigenvalue weighted by molar-refractivity contribution is 5.81. The van der Waals surface area contributed by atoms with Crippen LogP contribution in [0.5, 0.6) is 5.75 Å². The minimum atomic E-state index is -0.532. The fourth-order valence-electron chi connectivity index (χ4n) is 2.20. The number of benzene rings is 1. The number of phenolic OH excluding ortho intramolecular Hbond substituents is 1. The van der Waals surface area contributed by atoms with Gasteiger partial charge in [-0.15, -0.1) is 0 Å². The molecular formula is C15H22N2O2. The minimum Gasteiger partial charge on any atom is -0.508 e. The molecule has 1 aliphatic rings. The first-order chi connectivity index (χ1) is 9.06. The zero-order valence-electron chi connectivity index (χ0n) is 11.3. The Bertz CT molecular complexity index is 426. The van der Waals surface area contributed by atoms with Crippen molar-refractivity contribution in [3.8, 4) is 5.75 Å². The lowest BCUT2D eigenvalue weighted by Crippen LogP contribution is -2.43. The van der Waals surface area contributed by atoms with Crippen molar-refractivity contribution in [1.29, 1.82) is 0 Å². The Hall–Kier alpha value is -1.55. The summed E-state index contributed by atoms with van der Waals surface area (Å²) in [6.45, 7) is 2.89. The predicted molar refractivity (Wildman–Crippen MR) is 74.7 cm³/mol. The van der Waals surface area contributed by atoms with Crippen LogP contribution in [0.25, 0.3) is 0 Å². The van der Waals surface area contributed by atoms with Crippen LogP contribution in [0.1, 0.15) is 25.3 Å². The van der Waals surface area contributed by atoms with E-state index in [2.05, 4.69) is 12.2 Å². The minimum absolute atomic E-state index is 0.0967. The summed E-state index contributed by atoms with van der Waals surface area (Å²) in [4.78, 5) is 11.9. The Labute approximate surface area is 114 Å². The van der Waals surface area contributed by atoms with E-state index in [1.807, 2.05) is 0 Å². The van der Waals surface area contributed by atoms with Crippen LogP contribution in [-0.2, 0) is 11.2 Å². The summed E-state index contributed by atoms with van der Waals surface area (Å²) in [6, 6.07) is 6.26. The van der Waals surface area contributed by atoms with Crippen molar-refractivity contribution in [2.24, 2.45) is 17.6 Å². The van der Waals surface area contributed by atoms with Crippen molar-refractivity contribution >= 4 is 5.91 Å². The molecule has 1 aromatic carbocycles. The number of phenols is 1. The Morgan fingerprint density at radius 1 is 1.42 bits per heavy atom. The largest absolute Gasteiger partial charge is 0.508 e. The van der Waals surface area contributed by atoms with Gasteiger partial charge in [-0.25, -0.2) is 0 Å². The number of amides is 1. The van der Waals surface area contributed by atoms with Crippen LogP contribution in [0.3, 0.4) is 0 Å². The summed E-state index contributed by atoms with van der Waals surface area (Å²) in [5.41, 5.74) is 6.85. The maximum Gasteiger partial charge on any atom is 0.237 e. The van der Waals surface area contributed by atoms with Crippen LogP contribution < -0.4 is 11.1 Å². The molecule has 4 heteroatoms. The first-order valence-corrected chi connectivity index (χ1v) is 6.87. The van der Waals surface area contributed by atoms with E-state index in [1.165, 1.54) is 12.8 Å². The molecule has 0 bridgehead atoms. The quantitative estimate of drug-likeness (QED) is 0.726. The van der Waals surface area contributed by atoms with E-state index < -0.39 is 6.04 Å². The molecule has 4 N–H and O–H groups in total. The predicted octanol–water partition coefficient (Wildman–Crippen LogP) is 1.42. The first kappa shape index (κ1) is 13.9. The summed E-state index contributed by atoms with van der Waals surface area (Å²) >= 11 is 0. The normalized spacial score (nSPS) is 17.8. The van der Waals surface area contributed by atoms with Gasteiger partial charge in [0.1, 0.15) is 5.75 Å². The number of hydrogen-bond donors (Lipinski definition) is 3. The lowest BCUT2D eigenvalue weighted by Gasteiger charge is -2.15. The van der Waals surface area contributed by atoms with E-state index in [9.17, 15) is 9.90 Å². The van der Waals surface area contributed by atoms with Gasteiger partial charge in [-0.05, 0) is 48.8 Å². The van der Waals surface area contributed by atoms with E-state index >= 15 is 0 Å². The fraction of sp³-hybridized carbons (Fsp3) is 0.533. The molecule has 1 unspecified atom stereocenters. The Morgan fingerprint density at radius 2 is 2.05 bits per heavy atom. The molecule has 1 aliphatic carbocycles. The number of rotatable bonds is 6. The van der Waals surface area contributed by atoms with Crippen LogP contribution in [0.2, 0.25) is 0 Å². The van der Waals surface area contributed by atoms with Gasteiger partial charge in [-0.3, -0.25) is 4.79 Å². The van der Waals surface area contributed by atoms with Gasteiger partial charge in [-0.1, -0.05) is 19.1 Å². The van der Waals surface area contributed by atoms with Crippen LogP contribution >= 0.6 is 0 Å². The molecule has 2 atom stereocenters. The van der Waals surface area contributed by atoms with Crippen molar-refractivity contribution in [1.82, 2.24) is 5.32 Å². The Morgan fingerprint density at radius 3 is 2.63 bits per heavy atom. The zero-order chi connectivity index (χ0) is 13.8. The number of carbonyl (C=O) groups is 1. The SMILES string of the molecule is CC(CNC(=O)[C@@H](N)Cc1ccc(O)cc1)C1CC1. The van der Waals surface area contributed by atoms with Gasteiger partial charge in [-0.2, -0.15) is 0 Å². The summed E-state index contributed by atoms with van der Waals surface area (Å²) in [5.74, 6) is 1.46. The van der Waals surface area contributed by atoms with Gasteiger partial charge in [0, 0.05) is 6.54 Å². The van der Waals surface area contributed by atoms with Crippen LogP contribution in [-0.4, -0.2) is 23.6 Å².